The van der Waals surface area contributed by atoms with Crippen molar-refractivity contribution in [2.75, 3.05) is 13.1 Å². The number of guanidine groups is 1. The molecule has 1 heterocycles. The summed E-state index contributed by atoms with van der Waals surface area (Å²) in [5.41, 5.74) is 7.23. The zero-order chi connectivity index (χ0) is 13.8. The van der Waals surface area contributed by atoms with E-state index in [1.807, 2.05) is 11.3 Å². The molecule has 0 spiro atoms. The number of aliphatic imine (C=N–C) groups is 1. The van der Waals surface area contributed by atoms with Gasteiger partial charge in [-0.25, -0.2) is 4.98 Å². The molecule has 20 heavy (non-hydrogen) atoms. The van der Waals surface area contributed by atoms with E-state index in [2.05, 4.69) is 10.3 Å². The van der Waals surface area contributed by atoms with E-state index in [1.54, 1.807) is 0 Å². The third-order valence-electron chi connectivity index (χ3n) is 4.28. The average molecular weight is 292 g/mol. The van der Waals surface area contributed by atoms with E-state index in [4.69, 9.17) is 10.7 Å². The zero-order valence-corrected chi connectivity index (χ0v) is 12.8. The van der Waals surface area contributed by atoms with Crippen LogP contribution in [0, 0.1) is 5.92 Å². The monoisotopic (exact) mass is 292 g/mol. The highest BCUT2D eigenvalue weighted by Gasteiger charge is 2.16. The number of nitrogens with one attached hydrogen (secondary N) is 1. The summed E-state index contributed by atoms with van der Waals surface area (Å²) in [6, 6.07) is 0. The van der Waals surface area contributed by atoms with Crippen molar-refractivity contribution in [1.82, 2.24) is 10.3 Å². The number of hydrogen-bond acceptors (Lipinski definition) is 3. The van der Waals surface area contributed by atoms with Gasteiger partial charge in [-0.1, -0.05) is 6.42 Å². The Balaban J connectivity index is 1.41. The molecule has 110 valence electrons. The minimum atomic E-state index is 0.596. The summed E-state index contributed by atoms with van der Waals surface area (Å²) < 4.78 is 0. The van der Waals surface area contributed by atoms with Gasteiger partial charge in [-0.2, -0.15) is 0 Å². The topological polar surface area (TPSA) is 63.3 Å². The second kappa shape index (κ2) is 6.57. The number of rotatable bonds is 5. The summed E-state index contributed by atoms with van der Waals surface area (Å²) in [5, 5.41) is 4.46. The maximum atomic E-state index is 5.88. The maximum absolute atomic E-state index is 5.88. The molecular formula is C15H24N4S. The lowest BCUT2D eigenvalue weighted by molar-refractivity contribution is 0.326. The molecule has 0 radical (unpaired) electrons. The van der Waals surface area contributed by atoms with Crippen LogP contribution in [0.5, 0.6) is 0 Å². The number of fused-ring (bicyclic) bond motifs is 1. The number of aromatic nitrogens is 1. The Kier molecular flexibility index (Phi) is 4.55. The van der Waals surface area contributed by atoms with Crippen molar-refractivity contribution in [1.29, 1.82) is 0 Å². The van der Waals surface area contributed by atoms with Gasteiger partial charge in [-0.05, 0) is 44.4 Å². The third-order valence-corrected chi connectivity index (χ3v) is 5.50. The third kappa shape index (κ3) is 3.51. The van der Waals surface area contributed by atoms with E-state index in [9.17, 15) is 0 Å². The second-order valence-corrected chi connectivity index (χ2v) is 7.05. The normalized spacial score (nSPS) is 19.5. The molecule has 0 bridgehead atoms. The van der Waals surface area contributed by atoms with Gasteiger partial charge < -0.3 is 11.1 Å². The highest BCUT2D eigenvalue weighted by Crippen LogP contribution is 2.27. The largest absolute Gasteiger partial charge is 0.370 e. The fourth-order valence-electron chi connectivity index (χ4n) is 2.77. The van der Waals surface area contributed by atoms with Gasteiger partial charge in [0, 0.05) is 24.4 Å². The Labute approximate surface area is 124 Å². The minimum Gasteiger partial charge on any atom is -0.370 e. The second-order valence-electron chi connectivity index (χ2n) is 5.88. The van der Waals surface area contributed by atoms with Crippen LogP contribution >= 0.6 is 11.3 Å². The van der Waals surface area contributed by atoms with Crippen LogP contribution in [0.3, 0.4) is 0 Å². The lowest BCUT2D eigenvalue weighted by atomic mass is 9.86. The Morgan fingerprint density at radius 1 is 1.30 bits per heavy atom. The molecule has 1 aromatic rings. The van der Waals surface area contributed by atoms with E-state index in [-0.39, 0.29) is 0 Å². The molecular weight excluding hydrogens is 268 g/mol. The first-order chi connectivity index (χ1) is 9.81. The van der Waals surface area contributed by atoms with Gasteiger partial charge in [0.15, 0.2) is 5.96 Å². The predicted molar refractivity (Wildman–Crippen MR) is 84.3 cm³/mol. The van der Waals surface area contributed by atoms with Gasteiger partial charge in [0.2, 0.25) is 0 Å². The van der Waals surface area contributed by atoms with Crippen LogP contribution in [0.1, 0.15) is 47.7 Å². The van der Waals surface area contributed by atoms with Crippen LogP contribution in [0.25, 0.3) is 0 Å². The summed E-state index contributed by atoms with van der Waals surface area (Å²) in [6.45, 7) is 1.73. The van der Waals surface area contributed by atoms with E-state index in [0.29, 0.717) is 5.96 Å². The molecule has 2 aliphatic rings. The molecule has 0 aromatic carbocycles. The highest BCUT2D eigenvalue weighted by molar-refractivity contribution is 7.11. The van der Waals surface area contributed by atoms with Crippen LogP contribution in [0.15, 0.2) is 4.99 Å². The standard InChI is InChI=1S/C15H24N4S/c16-15(18-10-11-4-3-5-11)17-9-8-14-19-12-6-1-2-7-13(12)20-14/h11H,1-10H2,(H3,16,17,18). The van der Waals surface area contributed by atoms with Crippen LogP contribution in [0.4, 0.5) is 0 Å². The van der Waals surface area contributed by atoms with Crippen molar-refractivity contribution in [3.8, 4) is 0 Å². The summed E-state index contributed by atoms with van der Waals surface area (Å²) in [6.07, 6.45) is 9.99. The molecule has 0 amide bonds. The van der Waals surface area contributed by atoms with E-state index in [0.717, 1.165) is 25.4 Å². The molecule has 3 N–H and O–H groups in total. The first-order valence-electron chi connectivity index (χ1n) is 7.82. The van der Waals surface area contributed by atoms with E-state index >= 15 is 0 Å². The quantitative estimate of drug-likeness (QED) is 0.646. The van der Waals surface area contributed by atoms with Gasteiger partial charge in [-0.3, -0.25) is 4.99 Å². The number of thiazole rings is 1. The summed E-state index contributed by atoms with van der Waals surface area (Å²) >= 11 is 1.89. The fraction of sp³-hybridized carbons (Fsp3) is 0.733. The van der Waals surface area contributed by atoms with Crippen LogP contribution in [-0.2, 0) is 19.3 Å². The van der Waals surface area contributed by atoms with Gasteiger partial charge in [0.05, 0.1) is 10.7 Å². The molecule has 0 atom stereocenters. The average Bonchev–Trinajstić information content (AvgIpc) is 2.79. The summed E-state index contributed by atoms with van der Waals surface area (Å²) in [5.74, 6) is 1.37. The van der Waals surface area contributed by atoms with Gasteiger partial charge >= 0.3 is 0 Å². The highest BCUT2D eigenvalue weighted by atomic mass is 32.1. The van der Waals surface area contributed by atoms with E-state index in [1.165, 1.54) is 60.5 Å². The Morgan fingerprint density at radius 2 is 2.15 bits per heavy atom. The molecule has 1 saturated carbocycles. The van der Waals surface area contributed by atoms with Crippen molar-refractivity contribution in [2.45, 2.75) is 51.4 Å². The molecule has 1 fully saturated rings. The van der Waals surface area contributed by atoms with Crippen molar-refractivity contribution in [2.24, 2.45) is 16.6 Å². The lowest BCUT2D eigenvalue weighted by Gasteiger charge is -2.23. The van der Waals surface area contributed by atoms with Crippen LogP contribution < -0.4 is 11.1 Å². The number of nitrogens with zero attached hydrogens (tertiary/aromatic N) is 2. The number of nitrogens with two attached hydrogens (primary N) is 1. The molecule has 0 aliphatic heterocycles. The molecule has 0 unspecified atom stereocenters. The van der Waals surface area contributed by atoms with Crippen LogP contribution in [-0.4, -0.2) is 24.0 Å². The molecule has 2 aliphatic carbocycles. The Hall–Kier alpha value is -1.10. The number of hydrogen-bond donors (Lipinski definition) is 2. The van der Waals surface area contributed by atoms with Gasteiger partial charge in [-0.15, -0.1) is 11.3 Å². The molecule has 4 nitrogen and oxygen atoms in total. The summed E-state index contributed by atoms with van der Waals surface area (Å²) in [4.78, 5) is 10.7. The van der Waals surface area contributed by atoms with Crippen LogP contribution in [0.2, 0.25) is 0 Å². The summed E-state index contributed by atoms with van der Waals surface area (Å²) in [7, 11) is 0. The minimum absolute atomic E-state index is 0.596. The lowest BCUT2D eigenvalue weighted by Crippen LogP contribution is -2.34. The van der Waals surface area contributed by atoms with Crippen molar-refractivity contribution < 1.29 is 0 Å². The van der Waals surface area contributed by atoms with Gasteiger partial charge in [0.25, 0.3) is 0 Å². The SMILES string of the molecule is NC(=NCC1CCC1)NCCc1nc2c(s1)CCCC2. The maximum Gasteiger partial charge on any atom is 0.188 e. The Morgan fingerprint density at radius 3 is 2.90 bits per heavy atom. The first-order valence-corrected chi connectivity index (χ1v) is 8.64. The predicted octanol–water partition coefficient (Wildman–Crippen LogP) is 2.27. The Bertz CT molecular complexity index is 453. The number of aryl methyl sites for hydroxylation is 2. The first kappa shape index (κ1) is 13.9. The van der Waals surface area contributed by atoms with Crippen molar-refractivity contribution in [3.63, 3.8) is 0 Å². The molecule has 3 rings (SSSR count). The smallest absolute Gasteiger partial charge is 0.188 e. The van der Waals surface area contributed by atoms with Crippen molar-refractivity contribution in [3.05, 3.63) is 15.6 Å². The van der Waals surface area contributed by atoms with Gasteiger partial charge in [0.1, 0.15) is 0 Å². The zero-order valence-electron chi connectivity index (χ0n) is 12.0. The van der Waals surface area contributed by atoms with Crippen molar-refractivity contribution >= 4 is 17.3 Å². The molecule has 0 saturated heterocycles. The fourth-order valence-corrected chi connectivity index (χ4v) is 3.92. The molecule has 1 aromatic heterocycles. The molecule has 5 heteroatoms. The van der Waals surface area contributed by atoms with E-state index < -0.39 is 0 Å².